The van der Waals surface area contributed by atoms with E-state index in [-0.39, 0.29) is 12.5 Å². The van der Waals surface area contributed by atoms with Gasteiger partial charge in [-0.3, -0.25) is 9.59 Å². The summed E-state index contributed by atoms with van der Waals surface area (Å²) in [6.07, 6.45) is 0. The number of carbonyl (C=O) groups excluding carboxylic acids is 2. The minimum atomic E-state index is -0.884. The van der Waals surface area contributed by atoms with E-state index in [1.807, 2.05) is 24.3 Å². The molecule has 28 heavy (non-hydrogen) atoms. The summed E-state index contributed by atoms with van der Waals surface area (Å²) >= 11 is 0. The molecule has 0 aromatic heterocycles. The lowest BCUT2D eigenvalue weighted by Gasteiger charge is -2.19. The number of para-hydroxylation sites is 1. The molecule has 142 valence electrons. The average Bonchev–Trinajstić information content (AvgIpc) is 2.73. The van der Waals surface area contributed by atoms with Crippen LogP contribution in [-0.4, -0.2) is 18.4 Å². The van der Waals surface area contributed by atoms with Crippen LogP contribution in [0.1, 0.15) is 11.6 Å². The van der Waals surface area contributed by atoms with Gasteiger partial charge in [0, 0.05) is 5.69 Å². The number of benzene rings is 3. The van der Waals surface area contributed by atoms with Crippen molar-refractivity contribution in [3.05, 3.63) is 96.3 Å². The Labute approximate surface area is 162 Å². The van der Waals surface area contributed by atoms with Gasteiger partial charge in [0.1, 0.15) is 17.6 Å². The topological polar surface area (TPSA) is 67.4 Å². The monoisotopic (exact) mass is 378 g/mol. The quantitative estimate of drug-likeness (QED) is 0.659. The summed E-state index contributed by atoms with van der Waals surface area (Å²) in [6.45, 7) is -0.298. The Kier molecular flexibility index (Phi) is 6.36. The number of hydrogen-bond acceptors (Lipinski definition) is 3. The van der Waals surface area contributed by atoms with Crippen molar-refractivity contribution >= 4 is 17.5 Å². The number of amides is 2. The normalized spacial score (nSPS) is 11.3. The maximum Gasteiger partial charge on any atom is 0.258 e. The Bertz CT molecular complexity index is 916. The van der Waals surface area contributed by atoms with Crippen molar-refractivity contribution in [2.24, 2.45) is 0 Å². The van der Waals surface area contributed by atoms with Gasteiger partial charge in [-0.2, -0.15) is 0 Å². The molecule has 0 saturated heterocycles. The highest BCUT2D eigenvalue weighted by Gasteiger charge is 2.23. The van der Waals surface area contributed by atoms with Crippen LogP contribution in [0.3, 0.4) is 0 Å². The molecule has 0 aliphatic rings. The van der Waals surface area contributed by atoms with Crippen LogP contribution in [0.4, 0.5) is 10.1 Å². The number of anilines is 1. The number of halogens is 1. The summed E-state index contributed by atoms with van der Waals surface area (Å²) in [6, 6.07) is 22.4. The third kappa shape index (κ3) is 5.41. The summed E-state index contributed by atoms with van der Waals surface area (Å²) < 4.78 is 18.3. The van der Waals surface area contributed by atoms with Gasteiger partial charge in [0.15, 0.2) is 6.61 Å². The van der Waals surface area contributed by atoms with Crippen LogP contribution in [-0.2, 0) is 9.59 Å². The zero-order valence-corrected chi connectivity index (χ0v) is 15.0. The molecule has 0 radical (unpaired) electrons. The van der Waals surface area contributed by atoms with E-state index in [2.05, 4.69) is 10.6 Å². The third-order valence-corrected chi connectivity index (χ3v) is 3.93. The predicted octanol–water partition coefficient (Wildman–Crippen LogP) is 3.70. The van der Waals surface area contributed by atoms with Crippen LogP contribution in [0.15, 0.2) is 84.9 Å². The van der Waals surface area contributed by atoms with Crippen molar-refractivity contribution in [1.29, 1.82) is 0 Å². The van der Waals surface area contributed by atoms with Crippen molar-refractivity contribution in [1.82, 2.24) is 5.32 Å². The lowest BCUT2D eigenvalue weighted by atomic mass is 10.1. The Morgan fingerprint density at radius 3 is 2.11 bits per heavy atom. The molecule has 5 nitrogen and oxygen atoms in total. The molecule has 1 unspecified atom stereocenters. The molecule has 2 amide bonds. The third-order valence-electron chi connectivity index (χ3n) is 3.93. The molecule has 3 aromatic rings. The van der Waals surface area contributed by atoms with Crippen molar-refractivity contribution in [2.45, 2.75) is 6.04 Å². The SMILES string of the molecule is O=C(COc1ccc(F)cc1)NC(C(=O)Nc1ccccc1)c1ccccc1. The van der Waals surface area contributed by atoms with Crippen LogP contribution in [0.25, 0.3) is 0 Å². The Morgan fingerprint density at radius 1 is 0.857 bits per heavy atom. The predicted molar refractivity (Wildman–Crippen MR) is 104 cm³/mol. The van der Waals surface area contributed by atoms with Crippen LogP contribution >= 0.6 is 0 Å². The standard InChI is InChI=1S/C22H19FN2O3/c23-17-11-13-19(14-12-17)28-15-20(26)25-21(16-7-3-1-4-8-16)22(27)24-18-9-5-2-6-10-18/h1-14,21H,15H2,(H,24,27)(H,25,26). The van der Waals surface area contributed by atoms with Crippen LogP contribution in [0, 0.1) is 5.82 Å². The maximum atomic E-state index is 12.9. The van der Waals surface area contributed by atoms with Gasteiger partial charge >= 0.3 is 0 Å². The van der Waals surface area contributed by atoms with Gasteiger partial charge in [-0.25, -0.2) is 4.39 Å². The van der Waals surface area contributed by atoms with E-state index >= 15 is 0 Å². The first-order valence-corrected chi connectivity index (χ1v) is 8.70. The second kappa shape index (κ2) is 9.32. The van der Waals surface area contributed by atoms with Gasteiger partial charge < -0.3 is 15.4 Å². The molecule has 1 atom stereocenters. The minimum absolute atomic E-state index is 0.298. The molecule has 0 bridgehead atoms. The van der Waals surface area contributed by atoms with Crippen LogP contribution in [0.5, 0.6) is 5.75 Å². The van der Waals surface area contributed by atoms with Crippen molar-refractivity contribution < 1.29 is 18.7 Å². The van der Waals surface area contributed by atoms with Crippen LogP contribution in [0.2, 0.25) is 0 Å². The lowest BCUT2D eigenvalue weighted by Crippen LogP contribution is -2.39. The van der Waals surface area contributed by atoms with Crippen molar-refractivity contribution in [3.63, 3.8) is 0 Å². The Hall–Kier alpha value is -3.67. The number of nitrogens with one attached hydrogen (secondary N) is 2. The average molecular weight is 378 g/mol. The van der Waals surface area contributed by atoms with E-state index < -0.39 is 17.8 Å². The summed E-state index contributed by atoms with van der Waals surface area (Å²) in [5.74, 6) is -0.867. The van der Waals surface area contributed by atoms with Gasteiger partial charge in [-0.1, -0.05) is 48.5 Å². The van der Waals surface area contributed by atoms with E-state index in [0.29, 0.717) is 17.0 Å². The van der Waals surface area contributed by atoms with E-state index in [0.717, 1.165) is 0 Å². The highest BCUT2D eigenvalue weighted by Crippen LogP contribution is 2.16. The molecule has 0 spiro atoms. The number of ether oxygens (including phenoxy) is 1. The summed E-state index contributed by atoms with van der Waals surface area (Å²) in [7, 11) is 0. The minimum Gasteiger partial charge on any atom is -0.484 e. The van der Waals surface area contributed by atoms with Gasteiger partial charge in [0.2, 0.25) is 0 Å². The van der Waals surface area contributed by atoms with E-state index in [9.17, 15) is 14.0 Å². The summed E-state index contributed by atoms with van der Waals surface area (Å²) in [5, 5.41) is 5.47. The molecule has 6 heteroatoms. The second-order valence-corrected chi connectivity index (χ2v) is 6.01. The van der Waals surface area contributed by atoms with Gasteiger partial charge in [-0.15, -0.1) is 0 Å². The molecular weight excluding hydrogens is 359 g/mol. The van der Waals surface area contributed by atoms with E-state index in [1.54, 1.807) is 36.4 Å². The first-order valence-electron chi connectivity index (χ1n) is 8.70. The number of hydrogen-bond donors (Lipinski definition) is 2. The molecule has 0 saturated carbocycles. The molecule has 3 rings (SSSR count). The molecule has 0 heterocycles. The van der Waals surface area contributed by atoms with Crippen molar-refractivity contribution in [3.8, 4) is 5.75 Å². The van der Waals surface area contributed by atoms with Gasteiger partial charge in [0.25, 0.3) is 11.8 Å². The smallest absolute Gasteiger partial charge is 0.258 e. The fourth-order valence-corrected chi connectivity index (χ4v) is 2.56. The second-order valence-electron chi connectivity index (χ2n) is 6.01. The first-order chi connectivity index (χ1) is 13.6. The summed E-state index contributed by atoms with van der Waals surface area (Å²) in [4.78, 5) is 25.1. The number of carbonyl (C=O) groups is 2. The zero-order chi connectivity index (χ0) is 19.8. The highest BCUT2D eigenvalue weighted by molar-refractivity contribution is 5.98. The fourth-order valence-electron chi connectivity index (χ4n) is 2.56. The number of rotatable bonds is 7. The maximum absolute atomic E-state index is 12.9. The Morgan fingerprint density at radius 2 is 1.46 bits per heavy atom. The molecule has 0 fully saturated rings. The highest BCUT2D eigenvalue weighted by atomic mass is 19.1. The molecule has 3 aromatic carbocycles. The van der Waals surface area contributed by atoms with Crippen molar-refractivity contribution in [2.75, 3.05) is 11.9 Å². The molecular formula is C22H19FN2O3. The van der Waals surface area contributed by atoms with E-state index in [1.165, 1.54) is 24.3 Å². The van der Waals surface area contributed by atoms with Gasteiger partial charge in [-0.05, 0) is 42.0 Å². The van der Waals surface area contributed by atoms with E-state index in [4.69, 9.17) is 4.74 Å². The molecule has 2 N–H and O–H groups in total. The van der Waals surface area contributed by atoms with Gasteiger partial charge in [0.05, 0.1) is 0 Å². The Balaban J connectivity index is 1.67. The fraction of sp³-hybridized carbons (Fsp3) is 0.0909. The lowest BCUT2D eigenvalue weighted by molar-refractivity contribution is -0.128. The van der Waals surface area contributed by atoms with Crippen LogP contribution < -0.4 is 15.4 Å². The summed E-state index contributed by atoms with van der Waals surface area (Å²) in [5.41, 5.74) is 1.27. The largest absolute Gasteiger partial charge is 0.484 e. The molecule has 0 aliphatic heterocycles. The molecule has 0 aliphatic carbocycles. The first kappa shape index (κ1) is 19.1. The zero-order valence-electron chi connectivity index (χ0n) is 15.0.